The highest BCUT2D eigenvalue weighted by atomic mass is 16.5. The second-order valence-corrected chi connectivity index (χ2v) is 6.52. The lowest BCUT2D eigenvalue weighted by Crippen LogP contribution is -2.24. The van der Waals surface area contributed by atoms with E-state index in [9.17, 15) is 4.79 Å². The van der Waals surface area contributed by atoms with Crippen LogP contribution in [0.4, 0.5) is 0 Å². The van der Waals surface area contributed by atoms with Gasteiger partial charge in [-0.2, -0.15) is 4.98 Å². The molecule has 2 aromatic rings. The van der Waals surface area contributed by atoms with E-state index in [1.807, 2.05) is 36.1 Å². The van der Waals surface area contributed by atoms with Gasteiger partial charge in [0.1, 0.15) is 5.75 Å². The molecular formula is C18H21N3O3. The number of hydrogen-bond donors (Lipinski definition) is 0. The molecule has 1 aromatic heterocycles. The van der Waals surface area contributed by atoms with Crippen molar-refractivity contribution in [1.29, 1.82) is 0 Å². The summed E-state index contributed by atoms with van der Waals surface area (Å²) >= 11 is 0. The first kappa shape index (κ1) is 15.2. The second-order valence-electron chi connectivity index (χ2n) is 6.52. The molecule has 1 saturated carbocycles. The van der Waals surface area contributed by atoms with Crippen molar-refractivity contribution in [2.24, 2.45) is 0 Å². The summed E-state index contributed by atoms with van der Waals surface area (Å²) in [6, 6.07) is 7.89. The van der Waals surface area contributed by atoms with Crippen molar-refractivity contribution in [3.63, 3.8) is 0 Å². The van der Waals surface area contributed by atoms with Gasteiger partial charge in [-0.15, -0.1) is 0 Å². The van der Waals surface area contributed by atoms with Gasteiger partial charge in [0.15, 0.2) is 5.82 Å². The van der Waals surface area contributed by atoms with Crippen molar-refractivity contribution in [2.75, 3.05) is 13.2 Å². The van der Waals surface area contributed by atoms with Crippen molar-refractivity contribution in [3.05, 3.63) is 41.5 Å². The summed E-state index contributed by atoms with van der Waals surface area (Å²) in [4.78, 5) is 18.6. The summed E-state index contributed by atoms with van der Waals surface area (Å²) in [5.74, 6) is 2.90. The van der Waals surface area contributed by atoms with E-state index in [1.165, 1.54) is 0 Å². The Morgan fingerprint density at radius 2 is 2.04 bits per heavy atom. The van der Waals surface area contributed by atoms with Crippen LogP contribution in [0.15, 0.2) is 28.8 Å². The van der Waals surface area contributed by atoms with Crippen molar-refractivity contribution in [3.8, 4) is 5.75 Å². The van der Waals surface area contributed by atoms with Crippen LogP contribution in [-0.2, 0) is 11.3 Å². The predicted octanol–water partition coefficient (Wildman–Crippen LogP) is 2.86. The molecule has 1 aromatic carbocycles. The van der Waals surface area contributed by atoms with Crippen molar-refractivity contribution < 1.29 is 14.1 Å². The summed E-state index contributed by atoms with van der Waals surface area (Å²) in [5.41, 5.74) is 1.09. The van der Waals surface area contributed by atoms with Gasteiger partial charge in [0.25, 0.3) is 0 Å². The minimum Gasteiger partial charge on any atom is -0.494 e. The normalized spacial score (nSPS) is 20.6. The summed E-state index contributed by atoms with van der Waals surface area (Å²) in [7, 11) is 0. The Hall–Kier alpha value is -2.37. The molecule has 2 heterocycles. The molecule has 1 atom stereocenters. The number of carbonyl (C=O) groups excluding carboxylic acids is 1. The summed E-state index contributed by atoms with van der Waals surface area (Å²) in [5, 5.41) is 4.05. The van der Waals surface area contributed by atoms with Crippen LogP contribution in [0.2, 0.25) is 0 Å². The molecule has 1 saturated heterocycles. The van der Waals surface area contributed by atoms with E-state index >= 15 is 0 Å². The SMILES string of the molecule is CCOc1ccc(CN2CC(c3nc(C4CC4)no3)CC2=O)cc1. The Balaban J connectivity index is 1.39. The van der Waals surface area contributed by atoms with Crippen molar-refractivity contribution in [2.45, 2.75) is 44.6 Å². The number of amides is 1. The van der Waals surface area contributed by atoms with Crippen LogP contribution in [-0.4, -0.2) is 34.1 Å². The zero-order chi connectivity index (χ0) is 16.5. The third-order valence-electron chi connectivity index (χ3n) is 4.57. The van der Waals surface area contributed by atoms with Crippen LogP contribution in [0.1, 0.15) is 55.3 Å². The molecular weight excluding hydrogens is 306 g/mol. The van der Waals surface area contributed by atoms with Gasteiger partial charge in [0.2, 0.25) is 11.8 Å². The Labute approximate surface area is 140 Å². The third kappa shape index (κ3) is 3.13. The Morgan fingerprint density at radius 1 is 1.25 bits per heavy atom. The fraction of sp³-hybridized carbons (Fsp3) is 0.500. The lowest BCUT2D eigenvalue weighted by Gasteiger charge is -2.16. The Morgan fingerprint density at radius 3 is 2.75 bits per heavy atom. The highest BCUT2D eigenvalue weighted by Gasteiger charge is 2.36. The average Bonchev–Trinajstić information content (AvgIpc) is 3.20. The summed E-state index contributed by atoms with van der Waals surface area (Å²) in [6.45, 7) is 3.85. The average molecular weight is 327 g/mol. The number of carbonyl (C=O) groups is 1. The molecule has 0 bridgehead atoms. The first-order chi connectivity index (χ1) is 11.7. The molecule has 2 fully saturated rings. The van der Waals surface area contributed by atoms with E-state index < -0.39 is 0 Å². The number of hydrogen-bond acceptors (Lipinski definition) is 5. The fourth-order valence-electron chi connectivity index (χ4n) is 3.09. The summed E-state index contributed by atoms with van der Waals surface area (Å²) < 4.78 is 10.8. The number of ether oxygens (including phenoxy) is 1. The zero-order valence-corrected chi connectivity index (χ0v) is 13.8. The molecule has 6 nitrogen and oxygen atoms in total. The number of nitrogens with zero attached hydrogens (tertiary/aromatic N) is 3. The predicted molar refractivity (Wildman–Crippen MR) is 86.7 cm³/mol. The van der Waals surface area contributed by atoms with Gasteiger partial charge in [-0.3, -0.25) is 4.79 Å². The molecule has 126 valence electrons. The van der Waals surface area contributed by atoms with Crippen LogP contribution >= 0.6 is 0 Å². The minimum absolute atomic E-state index is 0.0141. The molecule has 0 spiro atoms. The number of aromatic nitrogens is 2. The van der Waals surface area contributed by atoms with E-state index in [2.05, 4.69) is 10.1 Å². The van der Waals surface area contributed by atoms with Gasteiger partial charge in [-0.1, -0.05) is 17.3 Å². The molecule has 2 aliphatic rings. The maximum atomic E-state index is 12.3. The number of likely N-dealkylation sites (tertiary alicyclic amines) is 1. The molecule has 24 heavy (non-hydrogen) atoms. The van der Waals surface area contributed by atoms with Gasteiger partial charge >= 0.3 is 0 Å². The third-order valence-corrected chi connectivity index (χ3v) is 4.57. The van der Waals surface area contributed by atoms with Crippen LogP contribution < -0.4 is 4.74 Å². The van der Waals surface area contributed by atoms with Crippen LogP contribution in [0.25, 0.3) is 0 Å². The molecule has 1 amide bonds. The highest BCUT2D eigenvalue weighted by molar-refractivity contribution is 5.79. The maximum Gasteiger partial charge on any atom is 0.232 e. The van der Waals surface area contributed by atoms with Gasteiger partial charge in [-0.25, -0.2) is 0 Å². The lowest BCUT2D eigenvalue weighted by molar-refractivity contribution is -0.128. The van der Waals surface area contributed by atoms with E-state index in [4.69, 9.17) is 9.26 Å². The van der Waals surface area contributed by atoms with Gasteiger partial charge < -0.3 is 14.2 Å². The van der Waals surface area contributed by atoms with E-state index in [0.717, 1.165) is 30.0 Å². The highest BCUT2D eigenvalue weighted by Crippen LogP contribution is 2.39. The monoisotopic (exact) mass is 327 g/mol. The largest absolute Gasteiger partial charge is 0.494 e. The Bertz CT molecular complexity index is 721. The van der Waals surface area contributed by atoms with Gasteiger partial charge in [0.05, 0.1) is 12.5 Å². The molecule has 1 aliphatic carbocycles. The smallest absolute Gasteiger partial charge is 0.232 e. The van der Waals surface area contributed by atoms with Gasteiger partial charge in [0, 0.05) is 25.4 Å². The van der Waals surface area contributed by atoms with Crippen LogP contribution in [0, 0.1) is 0 Å². The van der Waals surface area contributed by atoms with Gasteiger partial charge in [-0.05, 0) is 37.5 Å². The van der Waals surface area contributed by atoms with E-state index in [-0.39, 0.29) is 11.8 Å². The molecule has 0 radical (unpaired) electrons. The minimum atomic E-state index is 0.0141. The first-order valence-electron chi connectivity index (χ1n) is 8.56. The Kier molecular flexibility index (Phi) is 3.96. The lowest BCUT2D eigenvalue weighted by atomic mass is 10.1. The van der Waals surface area contributed by atoms with Crippen LogP contribution in [0.5, 0.6) is 5.75 Å². The topological polar surface area (TPSA) is 68.5 Å². The maximum absolute atomic E-state index is 12.3. The number of rotatable bonds is 6. The molecule has 1 unspecified atom stereocenters. The fourth-order valence-corrected chi connectivity index (χ4v) is 3.09. The first-order valence-corrected chi connectivity index (χ1v) is 8.56. The summed E-state index contributed by atoms with van der Waals surface area (Å²) in [6.07, 6.45) is 2.74. The molecule has 4 rings (SSSR count). The van der Waals surface area contributed by atoms with Crippen LogP contribution in [0.3, 0.4) is 0 Å². The molecule has 6 heteroatoms. The number of benzene rings is 1. The molecule has 0 N–H and O–H groups in total. The molecule has 1 aliphatic heterocycles. The van der Waals surface area contributed by atoms with Crippen molar-refractivity contribution in [1.82, 2.24) is 15.0 Å². The van der Waals surface area contributed by atoms with E-state index in [0.29, 0.717) is 37.9 Å². The van der Waals surface area contributed by atoms with E-state index in [1.54, 1.807) is 0 Å². The standard InChI is InChI=1S/C18H21N3O3/c1-2-23-15-7-3-12(4-8-15)10-21-11-14(9-16(21)22)18-19-17(20-24-18)13-5-6-13/h3-4,7-8,13-14H,2,5-6,9-11H2,1H3. The quantitative estimate of drug-likeness (QED) is 0.816. The van der Waals surface area contributed by atoms with Crippen molar-refractivity contribution >= 4 is 5.91 Å². The zero-order valence-electron chi connectivity index (χ0n) is 13.8. The second kappa shape index (κ2) is 6.26.